The van der Waals surface area contributed by atoms with Gasteiger partial charge >= 0.3 is 29.6 Å². The Morgan fingerprint density at radius 1 is 1.33 bits per heavy atom. The van der Waals surface area contributed by atoms with Crippen molar-refractivity contribution >= 4 is 11.8 Å². The normalized spacial score (nSPS) is 16.0. The van der Waals surface area contributed by atoms with Gasteiger partial charge in [-0.15, -0.1) is 0 Å². The Morgan fingerprint density at radius 3 is 1.89 bits per heavy atom. The van der Waals surface area contributed by atoms with Crippen molar-refractivity contribution in [2.24, 2.45) is 5.92 Å². The summed E-state index contributed by atoms with van der Waals surface area (Å²) in [7, 11) is 0. The Bertz CT molecular complexity index is 139. The minimum atomic E-state index is -1.53. The number of aliphatic carboxylic acids is 1. The third kappa shape index (κ3) is 2.47. The Labute approximate surface area is 74.7 Å². The molecule has 0 saturated heterocycles. The summed E-state index contributed by atoms with van der Waals surface area (Å²) in [5.41, 5.74) is 0. The molecule has 0 atom stereocenters. The molecule has 1 aliphatic carbocycles. The Hall–Kier alpha value is 0.140. The molecule has 0 unspecified atom stereocenters. The van der Waals surface area contributed by atoms with Crippen molar-refractivity contribution in [3.05, 3.63) is 0 Å². The number of carboxylic acid groups (broad SMARTS) is 1. The summed E-state index contributed by atoms with van der Waals surface area (Å²) in [5, 5.41) is 9.72. The first kappa shape index (κ1) is 9.14. The standard InChI is InChI=1S/C5H6O3.Na/c6-4(5(7)8)3-1-2-3;/h3H,1-2H2,(H,7,8);/q;+1/p-1. The van der Waals surface area contributed by atoms with E-state index in [1.807, 2.05) is 0 Å². The van der Waals surface area contributed by atoms with Crippen molar-refractivity contribution < 1.29 is 44.3 Å². The maximum atomic E-state index is 10.2. The van der Waals surface area contributed by atoms with Crippen LogP contribution in [0.1, 0.15) is 12.8 Å². The minimum Gasteiger partial charge on any atom is -0.542 e. The predicted octanol–water partition coefficient (Wildman–Crippen LogP) is -4.28. The fourth-order valence-corrected chi connectivity index (χ4v) is 0.512. The maximum absolute atomic E-state index is 10.2. The van der Waals surface area contributed by atoms with Gasteiger partial charge < -0.3 is 9.90 Å². The zero-order chi connectivity index (χ0) is 6.15. The first-order valence-electron chi connectivity index (χ1n) is 2.47. The second kappa shape index (κ2) is 3.34. The van der Waals surface area contributed by atoms with Crippen molar-refractivity contribution in [3.8, 4) is 0 Å². The van der Waals surface area contributed by atoms with Crippen LogP contribution in [0.5, 0.6) is 0 Å². The molecule has 44 valence electrons. The zero-order valence-electron chi connectivity index (χ0n) is 5.22. The second-order valence-electron chi connectivity index (χ2n) is 1.93. The quantitative estimate of drug-likeness (QED) is 0.285. The largest absolute Gasteiger partial charge is 1.00 e. The second-order valence-corrected chi connectivity index (χ2v) is 1.93. The third-order valence-corrected chi connectivity index (χ3v) is 1.15. The topological polar surface area (TPSA) is 57.2 Å². The summed E-state index contributed by atoms with van der Waals surface area (Å²) in [6.07, 6.45) is 1.46. The van der Waals surface area contributed by atoms with Crippen molar-refractivity contribution in [2.45, 2.75) is 12.8 Å². The molecule has 9 heavy (non-hydrogen) atoms. The van der Waals surface area contributed by atoms with Gasteiger partial charge in [0, 0.05) is 5.92 Å². The van der Waals surface area contributed by atoms with Crippen molar-refractivity contribution in [3.63, 3.8) is 0 Å². The Morgan fingerprint density at radius 2 is 1.78 bits per heavy atom. The number of carbonyl (C=O) groups is 2. The molecule has 1 saturated carbocycles. The van der Waals surface area contributed by atoms with E-state index in [4.69, 9.17) is 0 Å². The van der Waals surface area contributed by atoms with E-state index in [0.29, 0.717) is 0 Å². The SMILES string of the molecule is O=C([O-])C(=O)C1CC1.[Na+]. The van der Waals surface area contributed by atoms with Crippen LogP contribution in [0, 0.1) is 5.92 Å². The summed E-state index contributed by atoms with van der Waals surface area (Å²) < 4.78 is 0. The molecule has 1 fully saturated rings. The van der Waals surface area contributed by atoms with E-state index in [1.54, 1.807) is 0 Å². The smallest absolute Gasteiger partial charge is 0.542 e. The molecule has 0 spiro atoms. The van der Waals surface area contributed by atoms with Gasteiger partial charge in [-0.25, -0.2) is 0 Å². The fourth-order valence-electron chi connectivity index (χ4n) is 0.512. The number of carbonyl (C=O) groups excluding carboxylic acids is 2. The van der Waals surface area contributed by atoms with Crippen molar-refractivity contribution in [2.75, 3.05) is 0 Å². The van der Waals surface area contributed by atoms with E-state index >= 15 is 0 Å². The monoisotopic (exact) mass is 136 g/mol. The van der Waals surface area contributed by atoms with Crippen LogP contribution < -0.4 is 34.7 Å². The molecule has 0 N–H and O–H groups in total. The molecular formula is C5H5NaO3. The van der Waals surface area contributed by atoms with Gasteiger partial charge in [-0.05, 0) is 12.8 Å². The van der Waals surface area contributed by atoms with Crippen LogP contribution in [-0.2, 0) is 9.59 Å². The molecule has 0 aromatic rings. The van der Waals surface area contributed by atoms with Crippen LogP contribution in [-0.4, -0.2) is 11.8 Å². The van der Waals surface area contributed by atoms with Crippen LogP contribution in [0.15, 0.2) is 0 Å². The number of Topliss-reactive ketones (excluding diaryl/α,β-unsaturated/α-hetero) is 1. The molecule has 0 aromatic carbocycles. The van der Waals surface area contributed by atoms with Crippen LogP contribution in [0.2, 0.25) is 0 Å². The molecule has 0 heterocycles. The van der Waals surface area contributed by atoms with Gasteiger partial charge in [0.1, 0.15) is 5.97 Å². The number of carboxylic acids is 1. The third-order valence-electron chi connectivity index (χ3n) is 1.15. The van der Waals surface area contributed by atoms with Crippen molar-refractivity contribution in [1.29, 1.82) is 0 Å². The molecule has 0 radical (unpaired) electrons. The van der Waals surface area contributed by atoms with Crippen LogP contribution >= 0.6 is 0 Å². The van der Waals surface area contributed by atoms with E-state index in [0.717, 1.165) is 12.8 Å². The number of rotatable bonds is 2. The number of hydrogen-bond acceptors (Lipinski definition) is 3. The molecule has 0 amide bonds. The summed E-state index contributed by atoms with van der Waals surface area (Å²) in [4.78, 5) is 20.0. The molecule has 3 nitrogen and oxygen atoms in total. The summed E-state index contributed by atoms with van der Waals surface area (Å²) in [6.45, 7) is 0. The average molecular weight is 136 g/mol. The zero-order valence-corrected chi connectivity index (χ0v) is 7.22. The average Bonchev–Trinajstić information content (AvgIpc) is 2.43. The summed E-state index contributed by atoms with van der Waals surface area (Å²) in [5.74, 6) is -2.47. The minimum absolute atomic E-state index is 0. The predicted molar refractivity (Wildman–Crippen MR) is 22.7 cm³/mol. The Kier molecular flexibility index (Phi) is 3.40. The van der Waals surface area contributed by atoms with Gasteiger partial charge in [-0.2, -0.15) is 0 Å². The van der Waals surface area contributed by atoms with Crippen LogP contribution in [0.25, 0.3) is 0 Å². The van der Waals surface area contributed by atoms with Gasteiger partial charge in [-0.3, -0.25) is 4.79 Å². The van der Waals surface area contributed by atoms with E-state index < -0.39 is 11.8 Å². The molecule has 1 aliphatic rings. The maximum Gasteiger partial charge on any atom is 1.00 e. The molecule has 1 rings (SSSR count). The van der Waals surface area contributed by atoms with E-state index in [9.17, 15) is 14.7 Å². The number of hydrogen-bond donors (Lipinski definition) is 0. The van der Waals surface area contributed by atoms with Crippen molar-refractivity contribution in [1.82, 2.24) is 0 Å². The van der Waals surface area contributed by atoms with Gasteiger partial charge in [0.2, 0.25) is 0 Å². The van der Waals surface area contributed by atoms with Gasteiger partial charge in [0.05, 0.1) is 0 Å². The Balaban J connectivity index is 0.000000640. The summed E-state index contributed by atoms with van der Waals surface area (Å²) in [6, 6.07) is 0. The molecular weight excluding hydrogens is 131 g/mol. The first-order valence-corrected chi connectivity index (χ1v) is 2.47. The van der Waals surface area contributed by atoms with E-state index in [2.05, 4.69) is 0 Å². The molecule has 4 heteroatoms. The summed E-state index contributed by atoms with van der Waals surface area (Å²) >= 11 is 0. The van der Waals surface area contributed by atoms with Crippen LogP contribution in [0.4, 0.5) is 0 Å². The molecule has 0 aliphatic heterocycles. The van der Waals surface area contributed by atoms with Gasteiger partial charge in [-0.1, -0.05) is 0 Å². The molecule has 0 aromatic heterocycles. The number of ketones is 1. The van der Waals surface area contributed by atoms with E-state index in [1.165, 1.54) is 0 Å². The van der Waals surface area contributed by atoms with Crippen LogP contribution in [0.3, 0.4) is 0 Å². The fraction of sp³-hybridized carbons (Fsp3) is 0.600. The van der Waals surface area contributed by atoms with Gasteiger partial charge in [0.15, 0.2) is 5.78 Å². The van der Waals surface area contributed by atoms with Gasteiger partial charge in [0.25, 0.3) is 0 Å². The molecule has 0 bridgehead atoms. The first-order chi connectivity index (χ1) is 3.72. The van der Waals surface area contributed by atoms with E-state index in [-0.39, 0.29) is 35.5 Å².